The fraction of sp³-hybridized carbons (Fsp3) is 0.400. The first-order valence-electron chi connectivity index (χ1n) is 6.41. The topological polar surface area (TPSA) is 64.3 Å². The molecule has 0 spiro atoms. The first-order valence-corrected chi connectivity index (χ1v) is 6.41. The molecule has 0 heterocycles. The molecule has 0 aromatic heterocycles. The van der Waals surface area contributed by atoms with E-state index in [9.17, 15) is 18.0 Å². The number of rotatable bonds is 1. The van der Waals surface area contributed by atoms with Crippen LogP contribution in [0.25, 0.3) is 0 Å². The van der Waals surface area contributed by atoms with Crippen molar-refractivity contribution >= 4 is 11.8 Å². The minimum atomic E-state index is -4.52. The summed E-state index contributed by atoms with van der Waals surface area (Å²) in [6.07, 6.45) is -5.21. The number of hydrogen-bond donors (Lipinski definition) is 2. The van der Waals surface area contributed by atoms with Gasteiger partial charge in [0.05, 0.1) is 12.1 Å². The Balaban J connectivity index is 2.77. The molecule has 0 bridgehead atoms. The van der Waals surface area contributed by atoms with Crippen LogP contribution in [0.1, 0.15) is 31.9 Å². The van der Waals surface area contributed by atoms with Crippen LogP contribution in [0.2, 0.25) is 0 Å². The Morgan fingerprint density at radius 3 is 2.50 bits per heavy atom. The number of carbonyl (C=O) groups excluding carboxylic acids is 1. The Morgan fingerprint density at radius 2 is 1.95 bits per heavy atom. The average Bonchev–Trinajstić information content (AvgIpc) is 2.31. The van der Waals surface area contributed by atoms with E-state index in [0.29, 0.717) is 0 Å². The van der Waals surface area contributed by atoms with E-state index in [1.807, 2.05) is 0 Å². The fourth-order valence-corrected chi connectivity index (χ4v) is 1.48. The number of amides is 1. The van der Waals surface area contributed by atoms with Gasteiger partial charge in [-0.25, -0.2) is 4.79 Å². The molecule has 7 heteroatoms. The second kappa shape index (κ2) is 6.60. The first-order chi connectivity index (χ1) is 9.99. The van der Waals surface area contributed by atoms with Gasteiger partial charge < -0.3 is 15.8 Å². The molecule has 4 nitrogen and oxygen atoms in total. The zero-order chi connectivity index (χ0) is 17.0. The molecule has 120 valence electrons. The van der Waals surface area contributed by atoms with Crippen molar-refractivity contribution in [2.75, 3.05) is 12.3 Å². The Labute approximate surface area is 126 Å². The van der Waals surface area contributed by atoms with E-state index in [1.165, 1.54) is 0 Å². The van der Waals surface area contributed by atoms with E-state index in [0.717, 1.165) is 18.2 Å². The van der Waals surface area contributed by atoms with Gasteiger partial charge in [0.2, 0.25) is 0 Å². The molecule has 0 fully saturated rings. The predicted octanol–water partition coefficient (Wildman–Crippen LogP) is 3.16. The van der Waals surface area contributed by atoms with Crippen LogP contribution in [0.4, 0.5) is 23.7 Å². The van der Waals surface area contributed by atoms with Gasteiger partial charge in [-0.2, -0.15) is 13.2 Å². The summed E-state index contributed by atoms with van der Waals surface area (Å²) in [4.78, 5) is 11.3. The van der Waals surface area contributed by atoms with Crippen molar-refractivity contribution in [3.05, 3.63) is 29.3 Å². The van der Waals surface area contributed by atoms with Gasteiger partial charge in [-0.15, -0.1) is 0 Å². The zero-order valence-corrected chi connectivity index (χ0v) is 12.5. The van der Waals surface area contributed by atoms with Crippen LogP contribution in [-0.2, 0) is 10.9 Å². The van der Waals surface area contributed by atoms with E-state index in [2.05, 4.69) is 17.2 Å². The van der Waals surface area contributed by atoms with Crippen molar-refractivity contribution in [2.24, 2.45) is 0 Å². The standard InChI is InChI=1S/C15H17F3N2O2/c1-14(2,3)22-13(21)20-8-4-5-10-9-11(19)6-7-12(10)15(16,17)18/h6-7,9H,8,19H2,1-3H3,(H,20,21). The number of anilines is 1. The number of nitrogen functional groups attached to an aromatic ring is 1. The van der Waals surface area contributed by atoms with Gasteiger partial charge in [0.1, 0.15) is 5.60 Å². The number of halogens is 3. The highest BCUT2D eigenvalue weighted by Gasteiger charge is 2.32. The summed E-state index contributed by atoms with van der Waals surface area (Å²) in [5.74, 6) is 4.80. The number of benzene rings is 1. The van der Waals surface area contributed by atoms with Crippen molar-refractivity contribution in [1.82, 2.24) is 5.32 Å². The Bertz CT molecular complexity index is 608. The minimum absolute atomic E-state index is 0.138. The van der Waals surface area contributed by atoms with Gasteiger partial charge in [0.15, 0.2) is 0 Å². The Kier molecular flexibility index (Phi) is 5.31. The van der Waals surface area contributed by atoms with Crippen LogP contribution in [0, 0.1) is 11.8 Å². The predicted molar refractivity (Wildman–Crippen MR) is 77.0 cm³/mol. The largest absolute Gasteiger partial charge is 0.444 e. The lowest BCUT2D eigenvalue weighted by Crippen LogP contribution is -2.32. The van der Waals surface area contributed by atoms with Crippen molar-refractivity contribution in [2.45, 2.75) is 32.5 Å². The van der Waals surface area contributed by atoms with Crippen molar-refractivity contribution < 1.29 is 22.7 Å². The van der Waals surface area contributed by atoms with E-state index in [1.54, 1.807) is 20.8 Å². The van der Waals surface area contributed by atoms with Crippen LogP contribution in [0.5, 0.6) is 0 Å². The molecular weight excluding hydrogens is 297 g/mol. The average molecular weight is 314 g/mol. The lowest BCUT2D eigenvalue weighted by Gasteiger charge is -2.19. The number of alkyl carbamates (subject to hydrolysis) is 1. The molecule has 0 unspecified atom stereocenters. The number of hydrogen-bond acceptors (Lipinski definition) is 3. The molecule has 1 aromatic carbocycles. The summed E-state index contributed by atoms with van der Waals surface area (Å²) in [5, 5.41) is 2.34. The highest BCUT2D eigenvalue weighted by molar-refractivity contribution is 5.68. The fourth-order valence-electron chi connectivity index (χ4n) is 1.48. The summed E-state index contributed by atoms with van der Waals surface area (Å²) < 4.78 is 43.4. The molecule has 1 aromatic rings. The molecule has 22 heavy (non-hydrogen) atoms. The summed E-state index contributed by atoms with van der Waals surface area (Å²) in [6, 6.07) is 3.18. The Hall–Kier alpha value is -2.36. The summed E-state index contributed by atoms with van der Waals surface area (Å²) in [6.45, 7) is 4.95. The quantitative estimate of drug-likeness (QED) is 0.618. The van der Waals surface area contributed by atoms with Gasteiger partial charge in [-0.3, -0.25) is 0 Å². The molecular formula is C15H17F3N2O2. The van der Waals surface area contributed by atoms with E-state index >= 15 is 0 Å². The highest BCUT2D eigenvalue weighted by atomic mass is 19.4. The highest BCUT2D eigenvalue weighted by Crippen LogP contribution is 2.32. The lowest BCUT2D eigenvalue weighted by molar-refractivity contribution is -0.137. The van der Waals surface area contributed by atoms with Crippen LogP contribution >= 0.6 is 0 Å². The molecule has 0 saturated carbocycles. The van der Waals surface area contributed by atoms with Crippen molar-refractivity contribution in [3.63, 3.8) is 0 Å². The van der Waals surface area contributed by atoms with Gasteiger partial charge in [0, 0.05) is 11.3 Å². The SMILES string of the molecule is CC(C)(C)OC(=O)NCC#Cc1cc(N)ccc1C(F)(F)F. The summed E-state index contributed by atoms with van der Waals surface area (Å²) >= 11 is 0. The van der Waals surface area contributed by atoms with E-state index in [-0.39, 0.29) is 17.8 Å². The Morgan fingerprint density at radius 1 is 1.32 bits per heavy atom. The third kappa shape index (κ3) is 5.95. The van der Waals surface area contributed by atoms with E-state index < -0.39 is 23.4 Å². The normalized spacial score (nSPS) is 11.4. The van der Waals surface area contributed by atoms with Gasteiger partial charge in [0.25, 0.3) is 0 Å². The molecule has 3 N–H and O–H groups in total. The molecule has 0 aliphatic carbocycles. The maximum absolute atomic E-state index is 12.8. The van der Waals surface area contributed by atoms with Gasteiger partial charge >= 0.3 is 12.3 Å². The molecule has 0 aliphatic rings. The molecule has 1 amide bonds. The number of nitrogens with one attached hydrogen (secondary N) is 1. The summed E-state index contributed by atoms with van der Waals surface area (Å²) in [7, 11) is 0. The monoisotopic (exact) mass is 314 g/mol. The smallest absolute Gasteiger partial charge is 0.417 e. The third-order valence-corrected chi connectivity index (χ3v) is 2.29. The van der Waals surface area contributed by atoms with Crippen LogP contribution < -0.4 is 11.1 Å². The third-order valence-electron chi connectivity index (χ3n) is 2.29. The van der Waals surface area contributed by atoms with Crippen LogP contribution in [0.15, 0.2) is 18.2 Å². The number of alkyl halides is 3. The number of ether oxygens (including phenoxy) is 1. The first kappa shape index (κ1) is 17.7. The maximum atomic E-state index is 12.8. The number of nitrogens with two attached hydrogens (primary N) is 1. The second-order valence-electron chi connectivity index (χ2n) is 5.46. The molecule has 0 saturated heterocycles. The van der Waals surface area contributed by atoms with Crippen molar-refractivity contribution in [3.8, 4) is 11.8 Å². The lowest BCUT2D eigenvalue weighted by atomic mass is 10.1. The van der Waals surface area contributed by atoms with Gasteiger partial charge in [-0.1, -0.05) is 11.8 Å². The number of carbonyl (C=O) groups is 1. The molecule has 0 atom stereocenters. The van der Waals surface area contributed by atoms with Gasteiger partial charge in [-0.05, 0) is 39.0 Å². The molecule has 0 radical (unpaired) electrons. The van der Waals surface area contributed by atoms with Crippen molar-refractivity contribution in [1.29, 1.82) is 0 Å². The maximum Gasteiger partial charge on any atom is 0.417 e. The molecule has 0 aliphatic heterocycles. The van der Waals surface area contributed by atoms with Crippen LogP contribution in [0.3, 0.4) is 0 Å². The summed E-state index contributed by atoms with van der Waals surface area (Å²) in [5.41, 5.74) is 3.88. The molecule has 1 rings (SSSR count). The minimum Gasteiger partial charge on any atom is -0.444 e. The van der Waals surface area contributed by atoms with E-state index in [4.69, 9.17) is 10.5 Å². The van der Waals surface area contributed by atoms with Crippen LogP contribution in [-0.4, -0.2) is 18.2 Å². The second-order valence-corrected chi connectivity index (χ2v) is 5.46. The zero-order valence-electron chi connectivity index (χ0n) is 12.5.